The first-order valence-corrected chi connectivity index (χ1v) is 8.19. The lowest BCUT2D eigenvalue weighted by molar-refractivity contribution is 0.0998. The fraction of sp³-hybridized carbons (Fsp3) is 0.200. The Kier molecular flexibility index (Phi) is 3.39. The van der Waals surface area contributed by atoms with Crippen molar-refractivity contribution in [3.8, 4) is 0 Å². The molecule has 2 aromatic carbocycles. The van der Waals surface area contributed by atoms with Crippen molar-refractivity contribution in [2.45, 2.75) is 20.8 Å². The van der Waals surface area contributed by atoms with E-state index in [0.29, 0.717) is 5.76 Å². The molecule has 126 valence electrons. The van der Waals surface area contributed by atoms with E-state index in [9.17, 15) is 4.79 Å². The summed E-state index contributed by atoms with van der Waals surface area (Å²) in [4.78, 5) is 12.8. The van der Waals surface area contributed by atoms with Crippen LogP contribution in [0.5, 0.6) is 0 Å². The van der Waals surface area contributed by atoms with Gasteiger partial charge in [0, 0.05) is 23.4 Å². The van der Waals surface area contributed by atoms with Gasteiger partial charge in [-0.25, -0.2) is 0 Å². The highest BCUT2D eigenvalue weighted by atomic mass is 16.3. The third-order valence-electron chi connectivity index (χ3n) is 4.78. The van der Waals surface area contributed by atoms with Gasteiger partial charge < -0.3 is 9.73 Å². The Hall–Kier alpha value is -3.08. The minimum absolute atomic E-state index is 0.253. The topological polar surface area (TPSA) is 60.1 Å². The van der Waals surface area contributed by atoms with Crippen LogP contribution in [0.25, 0.3) is 21.7 Å². The average molecular weight is 333 g/mol. The summed E-state index contributed by atoms with van der Waals surface area (Å²) in [6.07, 6.45) is 0. The predicted molar refractivity (Wildman–Crippen MR) is 99.1 cm³/mol. The normalized spacial score (nSPS) is 11.4. The number of carbonyl (C=O) groups is 1. The van der Waals surface area contributed by atoms with Gasteiger partial charge in [-0.3, -0.25) is 9.48 Å². The van der Waals surface area contributed by atoms with Crippen molar-refractivity contribution in [1.29, 1.82) is 0 Å². The molecule has 0 aliphatic rings. The van der Waals surface area contributed by atoms with Gasteiger partial charge in [0.1, 0.15) is 5.58 Å². The summed E-state index contributed by atoms with van der Waals surface area (Å²) in [5.74, 6) is 0.0889. The number of nitrogens with zero attached hydrogens (tertiary/aromatic N) is 2. The molecule has 5 heteroatoms. The number of aryl methyl sites for hydroxylation is 3. The standard InChI is InChI=1S/C20H19N3O2/c1-11-15-10-9-14-7-5-6-8-16(14)19(15)25-18(11)20(24)21-17-12(2)22-23(4)13(17)3/h5-10H,1-4H3,(H,21,24). The molecule has 0 saturated carbocycles. The molecule has 0 atom stereocenters. The van der Waals surface area contributed by atoms with Crippen molar-refractivity contribution in [2.75, 3.05) is 5.32 Å². The number of hydrogen-bond acceptors (Lipinski definition) is 3. The smallest absolute Gasteiger partial charge is 0.291 e. The number of fused-ring (bicyclic) bond motifs is 3. The molecule has 0 bridgehead atoms. The van der Waals surface area contributed by atoms with Crippen molar-refractivity contribution in [3.05, 3.63) is 59.1 Å². The third-order valence-corrected chi connectivity index (χ3v) is 4.78. The van der Waals surface area contributed by atoms with Crippen LogP contribution in [0.1, 0.15) is 27.5 Å². The zero-order valence-electron chi connectivity index (χ0n) is 14.7. The summed E-state index contributed by atoms with van der Waals surface area (Å²) < 4.78 is 7.75. The molecule has 1 amide bonds. The van der Waals surface area contributed by atoms with Crippen molar-refractivity contribution in [3.63, 3.8) is 0 Å². The fourth-order valence-corrected chi connectivity index (χ4v) is 3.29. The van der Waals surface area contributed by atoms with Crippen molar-refractivity contribution < 1.29 is 9.21 Å². The zero-order chi connectivity index (χ0) is 17.7. The SMILES string of the molecule is Cc1nn(C)c(C)c1NC(=O)c1oc2c(ccc3ccccc32)c1C. The molecule has 0 fully saturated rings. The highest BCUT2D eigenvalue weighted by Crippen LogP contribution is 2.32. The quantitative estimate of drug-likeness (QED) is 0.587. The van der Waals surface area contributed by atoms with Crippen LogP contribution in [-0.2, 0) is 7.05 Å². The molecule has 1 N–H and O–H groups in total. The van der Waals surface area contributed by atoms with Crippen LogP contribution >= 0.6 is 0 Å². The van der Waals surface area contributed by atoms with Crippen LogP contribution in [0.4, 0.5) is 5.69 Å². The maximum atomic E-state index is 12.8. The Balaban J connectivity index is 1.82. The summed E-state index contributed by atoms with van der Waals surface area (Å²) in [7, 11) is 1.86. The van der Waals surface area contributed by atoms with Gasteiger partial charge in [0.25, 0.3) is 5.91 Å². The monoisotopic (exact) mass is 333 g/mol. The Morgan fingerprint density at radius 1 is 1.08 bits per heavy atom. The van der Waals surface area contributed by atoms with Gasteiger partial charge >= 0.3 is 0 Å². The molecule has 0 unspecified atom stereocenters. The number of anilines is 1. The van der Waals surface area contributed by atoms with E-state index in [-0.39, 0.29) is 5.91 Å². The second-order valence-electron chi connectivity index (χ2n) is 6.34. The Bertz CT molecular complexity index is 1130. The molecule has 4 rings (SSSR count). The first-order valence-electron chi connectivity index (χ1n) is 8.19. The van der Waals surface area contributed by atoms with Crippen LogP contribution in [0.2, 0.25) is 0 Å². The predicted octanol–water partition coefficient (Wildman–Crippen LogP) is 4.50. The minimum Gasteiger partial charge on any atom is -0.450 e. The summed E-state index contributed by atoms with van der Waals surface area (Å²) in [5, 5.41) is 10.3. The number of nitrogens with one attached hydrogen (secondary N) is 1. The van der Waals surface area contributed by atoms with Gasteiger partial charge in [-0.05, 0) is 26.2 Å². The number of amides is 1. The second-order valence-corrected chi connectivity index (χ2v) is 6.34. The summed E-state index contributed by atoms with van der Waals surface area (Å²) in [5.41, 5.74) is 4.02. The molecule has 0 aliphatic heterocycles. The van der Waals surface area contributed by atoms with Crippen LogP contribution in [0.3, 0.4) is 0 Å². The van der Waals surface area contributed by atoms with Gasteiger partial charge in [0.15, 0.2) is 5.76 Å². The van der Waals surface area contributed by atoms with Gasteiger partial charge in [0.2, 0.25) is 0 Å². The first kappa shape index (κ1) is 15.4. The van der Waals surface area contributed by atoms with Crippen LogP contribution in [0.15, 0.2) is 40.8 Å². The van der Waals surface area contributed by atoms with Gasteiger partial charge in [-0.2, -0.15) is 5.10 Å². The molecular formula is C20H19N3O2. The Morgan fingerprint density at radius 3 is 2.56 bits per heavy atom. The number of carbonyl (C=O) groups excluding carboxylic acids is 1. The third kappa shape index (κ3) is 2.31. The summed E-state index contributed by atoms with van der Waals surface area (Å²) >= 11 is 0. The van der Waals surface area contributed by atoms with Crippen molar-refractivity contribution in [2.24, 2.45) is 7.05 Å². The van der Waals surface area contributed by atoms with Crippen molar-refractivity contribution >= 4 is 33.3 Å². The molecular weight excluding hydrogens is 314 g/mol. The van der Waals surface area contributed by atoms with E-state index in [1.54, 1.807) is 4.68 Å². The second kappa shape index (κ2) is 5.48. The largest absolute Gasteiger partial charge is 0.450 e. The summed E-state index contributed by atoms with van der Waals surface area (Å²) in [6, 6.07) is 12.1. The van der Waals surface area contributed by atoms with Crippen LogP contribution < -0.4 is 5.32 Å². The van der Waals surface area contributed by atoms with Crippen LogP contribution in [-0.4, -0.2) is 15.7 Å². The molecule has 2 aromatic heterocycles. The van der Waals surface area contributed by atoms with E-state index >= 15 is 0 Å². The van der Waals surface area contributed by atoms with E-state index in [4.69, 9.17) is 4.42 Å². The lowest BCUT2D eigenvalue weighted by Gasteiger charge is -2.04. The molecule has 0 radical (unpaired) electrons. The molecule has 0 saturated heterocycles. The van der Waals surface area contributed by atoms with E-state index in [0.717, 1.165) is 44.4 Å². The Morgan fingerprint density at radius 2 is 1.84 bits per heavy atom. The molecule has 2 heterocycles. The molecule has 0 spiro atoms. The highest BCUT2D eigenvalue weighted by molar-refractivity contribution is 6.11. The number of aromatic nitrogens is 2. The minimum atomic E-state index is -0.253. The molecule has 25 heavy (non-hydrogen) atoms. The van der Waals surface area contributed by atoms with Gasteiger partial charge in [-0.15, -0.1) is 0 Å². The molecule has 4 aromatic rings. The summed E-state index contributed by atoms with van der Waals surface area (Å²) in [6.45, 7) is 5.72. The average Bonchev–Trinajstić information content (AvgIpc) is 3.07. The number of rotatable bonds is 2. The lowest BCUT2D eigenvalue weighted by atomic mass is 10.1. The van der Waals surface area contributed by atoms with E-state index in [1.807, 2.05) is 58.2 Å². The van der Waals surface area contributed by atoms with Gasteiger partial charge in [0.05, 0.1) is 17.1 Å². The number of furan rings is 1. The Labute approximate surface area is 145 Å². The lowest BCUT2D eigenvalue weighted by Crippen LogP contribution is -2.13. The fourth-order valence-electron chi connectivity index (χ4n) is 3.29. The van der Waals surface area contributed by atoms with Gasteiger partial charge in [-0.1, -0.05) is 36.4 Å². The maximum Gasteiger partial charge on any atom is 0.291 e. The highest BCUT2D eigenvalue weighted by Gasteiger charge is 2.21. The van der Waals surface area contributed by atoms with E-state index in [1.165, 1.54) is 0 Å². The van der Waals surface area contributed by atoms with Crippen molar-refractivity contribution in [1.82, 2.24) is 9.78 Å². The number of hydrogen-bond donors (Lipinski definition) is 1. The first-order chi connectivity index (χ1) is 12.0. The molecule has 5 nitrogen and oxygen atoms in total. The van der Waals surface area contributed by atoms with Crippen LogP contribution in [0, 0.1) is 20.8 Å². The van der Waals surface area contributed by atoms with E-state index < -0.39 is 0 Å². The maximum absolute atomic E-state index is 12.8. The number of benzene rings is 2. The van der Waals surface area contributed by atoms with E-state index in [2.05, 4.69) is 16.5 Å². The molecule has 0 aliphatic carbocycles. The zero-order valence-corrected chi connectivity index (χ0v) is 14.7.